The van der Waals surface area contributed by atoms with Crippen molar-refractivity contribution < 1.29 is 14.1 Å². The minimum Gasteiger partial charge on any atom is -0.375 e. The molecule has 0 heterocycles. The number of hydrogen-bond acceptors (Lipinski definition) is 2. The monoisotopic (exact) mass is 341 g/mol. The summed E-state index contributed by atoms with van der Waals surface area (Å²) in [5.41, 5.74) is -0.634. The second kappa shape index (κ2) is 8.46. The third kappa shape index (κ3) is 6.92. The summed E-state index contributed by atoms with van der Waals surface area (Å²) in [6.45, 7) is 23.5. The molecule has 0 aromatic heterocycles. The molecule has 0 saturated heterocycles. The Kier molecular flexibility index (Phi) is 8.14. The molecular weight excluding hydrogens is 300 g/mol. The van der Waals surface area contributed by atoms with Crippen LogP contribution in [0.4, 0.5) is 0 Å². The molecule has 0 fully saturated rings. The molecule has 0 rings (SSSR count). The zero-order valence-corrected chi connectivity index (χ0v) is 17.7. The highest BCUT2D eigenvalue weighted by molar-refractivity contribution is 5.81. The largest absolute Gasteiger partial charge is 0.375 e. The van der Waals surface area contributed by atoms with E-state index in [9.17, 15) is 4.79 Å². The van der Waals surface area contributed by atoms with E-state index in [-0.39, 0.29) is 28.5 Å². The SMILES string of the molecule is C=[N+](C)C(C)(C)C(C)COC(C)(C)CC(C)NC(=O)C(C)(C)CC. The highest BCUT2D eigenvalue weighted by Gasteiger charge is 2.35. The highest BCUT2D eigenvalue weighted by Crippen LogP contribution is 2.25. The summed E-state index contributed by atoms with van der Waals surface area (Å²) in [6.07, 6.45) is 1.61. The van der Waals surface area contributed by atoms with Gasteiger partial charge in [-0.1, -0.05) is 27.7 Å². The fraction of sp³-hybridized carbons (Fsp3) is 0.900. The summed E-state index contributed by atoms with van der Waals surface area (Å²) >= 11 is 0. The van der Waals surface area contributed by atoms with E-state index in [2.05, 4.69) is 46.7 Å². The van der Waals surface area contributed by atoms with E-state index in [1.165, 1.54) is 0 Å². The van der Waals surface area contributed by atoms with Crippen LogP contribution in [0.3, 0.4) is 0 Å². The summed E-state index contributed by atoms with van der Waals surface area (Å²) in [6, 6.07) is 0.0807. The number of nitrogens with zero attached hydrogens (tertiary/aromatic N) is 1. The first-order valence-electron chi connectivity index (χ1n) is 9.15. The van der Waals surface area contributed by atoms with Crippen LogP contribution in [0.1, 0.15) is 75.2 Å². The van der Waals surface area contributed by atoms with Crippen molar-refractivity contribution in [2.75, 3.05) is 13.7 Å². The van der Waals surface area contributed by atoms with Gasteiger partial charge in [0.05, 0.1) is 12.2 Å². The van der Waals surface area contributed by atoms with E-state index in [0.717, 1.165) is 12.8 Å². The molecule has 0 aliphatic carbocycles. The highest BCUT2D eigenvalue weighted by atomic mass is 16.5. The lowest BCUT2D eigenvalue weighted by atomic mass is 9.88. The van der Waals surface area contributed by atoms with Crippen LogP contribution >= 0.6 is 0 Å². The van der Waals surface area contributed by atoms with Gasteiger partial charge < -0.3 is 10.1 Å². The molecular formula is C20H41N2O2+. The Morgan fingerprint density at radius 3 is 2.08 bits per heavy atom. The maximum Gasteiger partial charge on any atom is 0.225 e. The predicted molar refractivity (Wildman–Crippen MR) is 103 cm³/mol. The van der Waals surface area contributed by atoms with Gasteiger partial charge in [0.15, 0.2) is 5.54 Å². The fourth-order valence-corrected chi connectivity index (χ4v) is 2.36. The molecule has 0 aromatic rings. The Morgan fingerprint density at radius 1 is 1.17 bits per heavy atom. The standard InChI is InChI=1S/C20H40N2O2/c1-12-18(4,5)17(23)21-16(3)13-19(6,7)24-14-15(2)20(8,9)22(10)11/h15-16H,10,12-14H2,1-9,11H3/p+1. The van der Waals surface area contributed by atoms with Crippen molar-refractivity contribution in [3.8, 4) is 0 Å². The first-order valence-corrected chi connectivity index (χ1v) is 9.15. The van der Waals surface area contributed by atoms with Crippen LogP contribution in [-0.4, -0.2) is 48.0 Å². The lowest BCUT2D eigenvalue weighted by Gasteiger charge is -2.34. The zero-order valence-electron chi connectivity index (χ0n) is 17.7. The van der Waals surface area contributed by atoms with Crippen molar-refractivity contribution in [2.45, 2.75) is 92.3 Å². The van der Waals surface area contributed by atoms with Crippen LogP contribution in [-0.2, 0) is 9.53 Å². The van der Waals surface area contributed by atoms with Gasteiger partial charge in [-0.3, -0.25) is 4.79 Å². The van der Waals surface area contributed by atoms with Gasteiger partial charge in [0.1, 0.15) is 13.8 Å². The minimum absolute atomic E-state index is 0.0267. The summed E-state index contributed by atoms with van der Waals surface area (Å²) in [4.78, 5) is 12.3. The quantitative estimate of drug-likeness (QED) is 0.484. The molecule has 4 nitrogen and oxygen atoms in total. The molecule has 1 N–H and O–H groups in total. The summed E-state index contributed by atoms with van der Waals surface area (Å²) in [7, 11) is 1.99. The third-order valence-corrected chi connectivity index (χ3v) is 5.59. The third-order valence-electron chi connectivity index (χ3n) is 5.59. The number of nitrogens with one attached hydrogen (secondary N) is 1. The molecule has 1 amide bonds. The van der Waals surface area contributed by atoms with Crippen LogP contribution in [0.2, 0.25) is 0 Å². The Morgan fingerprint density at radius 2 is 1.67 bits per heavy atom. The normalized spacial score (nSPS) is 15.8. The van der Waals surface area contributed by atoms with Crippen LogP contribution in [0.25, 0.3) is 0 Å². The molecule has 0 aromatic carbocycles. The van der Waals surface area contributed by atoms with Gasteiger partial charge in [-0.05, 0) is 33.6 Å². The van der Waals surface area contributed by atoms with Crippen molar-refractivity contribution in [3.63, 3.8) is 0 Å². The molecule has 2 unspecified atom stereocenters. The van der Waals surface area contributed by atoms with E-state index in [1.807, 2.05) is 39.3 Å². The van der Waals surface area contributed by atoms with Crippen LogP contribution in [0.5, 0.6) is 0 Å². The van der Waals surface area contributed by atoms with E-state index in [4.69, 9.17) is 4.74 Å². The first kappa shape index (κ1) is 23.1. The smallest absolute Gasteiger partial charge is 0.225 e. The minimum atomic E-state index is -0.323. The molecule has 2 atom stereocenters. The van der Waals surface area contributed by atoms with Crippen molar-refractivity contribution in [3.05, 3.63) is 0 Å². The van der Waals surface area contributed by atoms with Gasteiger partial charge in [-0.15, -0.1) is 0 Å². The van der Waals surface area contributed by atoms with Gasteiger partial charge in [-0.25, -0.2) is 4.58 Å². The lowest BCUT2D eigenvalue weighted by Crippen LogP contribution is -2.46. The fourth-order valence-electron chi connectivity index (χ4n) is 2.36. The summed E-state index contributed by atoms with van der Waals surface area (Å²) < 4.78 is 8.18. The number of ether oxygens (including phenoxy) is 1. The number of carbonyl (C=O) groups excluding carboxylic acids is 1. The van der Waals surface area contributed by atoms with Crippen LogP contribution in [0, 0.1) is 11.3 Å². The molecule has 0 spiro atoms. The van der Waals surface area contributed by atoms with Crippen LogP contribution in [0.15, 0.2) is 0 Å². The lowest BCUT2D eigenvalue weighted by molar-refractivity contribution is -0.578. The van der Waals surface area contributed by atoms with Crippen molar-refractivity contribution >= 4 is 12.6 Å². The first-order chi connectivity index (χ1) is 10.7. The number of carbonyl (C=O) groups is 1. The van der Waals surface area contributed by atoms with Crippen LogP contribution < -0.4 is 5.32 Å². The molecule has 0 saturated carbocycles. The van der Waals surface area contributed by atoms with Gasteiger partial charge >= 0.3 is 0 Å². The van der Waals surface area contributed by atoms with E-state index in [1.54, 1.807) is 0 Å². The molecule has 0 bridgehead atoms. The molecule has 24 heavy (non-hydrogen) atoms. The molecule has 4 heteroatoms. The van der Waals surface area contributed by atoms with E-state index in [0.29, 0.717) is 12.5 Å². The maximum atomic E-state index is 12.3. The number of amides is 1. The Bertz CT molecular complexity index is 439. The Labute approximate surface area is 150 Å². The van der Waals surface area contributed by atoms with E-state index < -0.39 is 0 Å². The molecule has 0 radical (unpaired) electrons. The molecule has 0 aliphatic heterocycles. The van der Waals surface area contributed by atoms with E-state index >= 15 is 0 Å². The summed E-state index contributed by atoms with van der Waals surface area (Å²) in [5, 5.41) is 3.13. The Balaban J connectivity index is 4.59. The zero-order chi connectivity index (χ0) is 19.3. The molecule has 142 valence electrons. The average Bonchev–Trinajstić information content (AvgIpc) is 2.43. The van der Waals surface area contributed by atoms with Gasteiger partial charge in [0.25, 0.3) is 0 Å². The second-order valence-corrected chi connectivity index (χ2v) is 9.14. The Hall–Kier alpha value is -0.900. The van der Waals surface area contributed by atoms with Gasteiger partial charge in [0, 0.05) is 31.2 Å². The van der Waals surface area contributed by atoms with Gasteiger partial charge in [0.2, 0.25) is 5.91 Å². The average molecular weight is 342 g/mol. The van der Waals surface area contributed by atoms with Gasteiger partial charge in [-0.2, -0.15) is 0 Å². The van der Waals surface area contributed by atoms with Crippen molar-refractivity contribution in [1.82, 2.24) is 5.32 Å². The predicted octanol–water partition coefficient (Wildman–Crippen LogP) is 3.87. The van der Waals surface area contributed by atoms with Crippen molar-refractivity contribution in [2.24, 2.45) is 11.3 Å². The summed E-state index contributed by atoms with van der Waals surface area (Å²) in [5.74, 6) is 0.463. The number of hydrogen-bond donors (Lipinski definition) is 1. The second-order valence-electron chi connectivity index (χ2n) is 9.14. The maximum absolute atomic E-state index is 12.3. The molecule has 0 aliphatic rings. The number of rotatable bonds is 10. The van der Waals surface area contributed by atoms with Crippen molar-refractivity contribution in [1.29, 1.82) is 0 Å². The topological polar surface area (TPSA) is 41.3 Å².